The zero-order valence-electron chi connectivity index (χ0n) is 24.0. The van der Waals surface area contributed by atoms with Crippen LogP contribution >= 0.6 is 11.6 Å². The molecule has 2 unspecified atom stereocenters. The predicted octanol–water partition coefficient (Wildman–Crippen LogP) is 6.58. The quantitative estimate of drug-likeness (QED) is 0.354. The molecule has 210 valence electrons. The molecule has 0 saturated heterocycles. The molecule has 3 aromatic rings. The molecule has 9 heteroatoms. The van der Waals surface area contributed by atoms with Crippen molar-refractivity contribution in [2.45, 2.75) is 74.3 Å². The number of halogens is 1. The second-order valence-corrected chi connectivity index (χ2v) is 13.4. The Kier molecular flexibility index (Phi) is 7.74. The number of carbonyl (C=O) groups is 2. The number of fused-ring (bicyclic) bond motifs is 1. The number of nitrogens with one attached hydrogen (secondary N) is 2. The van der Waals surface area contributed by atoms with Crippen LogP contribution in [0.2, 0.25) is 5.15 Å². The minimum Gasteiger partial charge on any atom is -0.458 e. The van der Waals surface area contributed by atoms with E-state index in [0.717, 1.165) is 17.2 Å². The van der Waals surface area contributed by atoms with Crippen LogP contribution in [0.1, 0.15) is 78.6 Å². The van der Waals surface area contributed by atoms with Crippen LogP contribution < -0.4 is 11.0 Å². The number of hydrogen-bond acceptors (Lipinski definition) is 5. The van der Waals surface area contributed by atoms with Crippen LogP contribution in [0.25, 0.3) is 16.8 Å². The summed E-state index contributed by atoms with van der Waals surface area (Å²) < 4.78 is 7.65. The van der Waals surface area contributed by atoms with Gasteiger partial charge in [-0.3, -0.25) is 15.1 Å². The van der Waals surface area contributed by atoms with Crippen molar-refractivity contribution in [1.29, 1.82) is 0 Å². The van der Waals surface area contributed by atoms with Gasteiger partial charge in [0.05, 0.1) is 0 Å². The number of aromatic nitrogens is 3. The van der Waals surface area contributed by atoms with Gasteiger partial charge in [0, 0.05) is 24.3 Å². The van der Waals surface area contributed by atoms with E-state index < -0.39 is 17.6 Å². The van der Waals surface area contributed by atoms with Gasteiger partial charge in [-0.05, 0) is 35.2 Å². The summed E-state index contributed by atoms with van der Waals surface area (Å²) >= 11 is 6.78. The number of amides is 1. The van der Waals surface area contributed by atoms with E-state index in [2.05, 4.69) is 63.8 Å². The van der Waals surface area contributed by atoms with E-state index in [1.165, 1.54) is 6.92 Å². The van der Waals surface area contributed by atoms with Gasteiger partial charge in [-0.2, -0.15) is 4.98 Å². The Bertz CT molecular complexity index is 1420. The van der Waals surface area contributed by atoms with Gasteiger partial charge in [-0.25, -0.2) is 14.0 Å². The fraction of sp³-hybridized carbons (Fsp3) is 0.533. The maximum absolute atomic E-state index is 14.3. The minimum absolute atomic E-state index is 0.0279. The molecule has 1 aliphatic rings. The SMILES string of the molecule is CC(=O)Nc1nc2c(C(=O)OC3C(C(C)(C)C)CC(C)CC3C(C)(C)C)c(-c3ccccc3)c(Cl)n2c(=O)[nH]1. The molecule has 0 aliphatic heterocycles. The van der Waals surface area contributed by atoms with E-state index in [4.69, 9.17) is 16.3 Å². The lowest BCUT2D eigenvalue weighted by Crippen LogP contribution is -2.49. The fourth-order valence-corrected chi connectivity index (χ4v) is 6.31. The summed E-state index contributed by atoms with van der Waals surface area (Å²) in [6.45, 7) is 16.7. The molecule has 2 heterocycles. The molecule has 0 bridgehead atoms. The molecule has 1 fully saturated rings. The van der Waals surface area contributed by atoms with Crippen molar-refractivity contribution in [2.24, 2.45) is 28.6 Å². The lowest BCUT2D eigenvalue weighted by molar-refractivity contribution is -0.114. The first-order valence-corrected chi connectivity index (χ1v) is 13.9. The van der Waals surface area contributed by atoms with Gasteiger partial charge in [-0.15, -0.1) is 0 Å². The number of ether oxygens (including phenoxy) is 1. The summed E-state index contributed by atoms with van der Waals surface area (Å²) in [4.78, 5) is 46.0. The zero-order chi connectivity index (χ0) is 28.9. The number of H-pyrrole nitrogens is 1. The maximum Gasteiger partial charge on any atom is 0.342 e. The lowest BCUT2D eigenvalue weighted by Gasteiger charge is -2.50. The number of anilines is 1. The molecule has 2 N–H and O–H groups in total. The lowest BCUT2D eigenvalue weighted by atomic mass is 9.59. The van der Waals surface area contributed by atoms with Crippen LogP contribution in [-0.4, -0.2) is 32.3 Å². The first-order valence-electron chi connectivity index (χ1n) is 13.5. The van der Waals surface area contributed by atoms with Gasteiger partial charge < -0.3 is 4.74 Å². The Labute approximate surface area is 234 Å². The number of rotatable bonds is 4. The Morgan fingerprint density at radius 1 is 1.05 bits per heavy atom. The molecular formula is C30H39ClN4O4. The van der Waals surface area contributed by atoms with Crippen LogP contribution in [0.15, 0.2) is 35.1 Å². The first kappa shape index (κ1) is 28.9. The van der Waals surface area contributed by atoms with E-state index in [0.29, 0.717) is 17.0 Å². The van der Waals surface area contributed by atoms with Gasteiger partial charge in [0.2, 0.25) is 11.9 Å². The Balaban J connectivity index is 1.93. The van der Waals surface area contributed by atoms with Crippen molar-refractivity contribution in [3.05, 3.63) is 51.5 Å². The summed E-state index contributed by atoms with van der Waals surface area (Å²) in [6.07, 6.45) is 1.55. The van der Waals surface area contributed by atoms with Crippen molar-refractivity contribution in [3.8, 4) is 11.1 Å². The molecule has 39 heavy (non-hydrogen) atoms. The highest BCUT2D eigenvalue weighted by atomic mass is 35.5. The van der Waals surface area contributed by atoms with Crippen molar-refractivity contribution in [3.63, 3.8) is 0 Å². The third-order valence-electron chi connectivity index (χ3n) is 7.87. The standard InChI is InChI=1S/C30H39ClN4O4/c1-16-14-19(29(3,4)5)23(20(15-16)30(6,7)8)39-26(37)22-21(18-12-10-9-11-13-18)24(31)35-25(22)33-27(32-17(2)36)34-28(35)38/h9-13,16,19-20,23H,14-15H2,1-8H3,(H2,32,33,34,36,38). The predicted molar refractivity (Wildman–Crippen MR) is 154 cm³/mol. The third-order valence-corrected chi connectivity index (χ3v) is 8.23. The summed E-state index contributed by atoms with van der Waals surface area (Å²) in [5.74, 6) is -0.318. The number of nitrogens with zero attached hydrogens (tertiary/aromatic N) is 2. The van der Waals surface area contributed by atoms with E-state index in [1.54, 1.807) is 0 Å². The normalized spacial score (nSPS) is 22.1. The molecule has 1 aromatic carbocycles. The second kappa shape index (κ2) is 10.5. The Morgan fingerprint density at radius 2 is 1.62 bits per heavy atom. The first-order chi connectivity index (χ1) is 18.1. The summed E-state index contributed by atoms with van der Waals surface area (Å²) in [7, 11) is 0. The molecule has 0 radical (unpaired) electrons. The fourth-order valence-electron chi connectivity index (χ4n) is 5.95. The van der Waals surface area contributed by atoms with Crippen molar-refractivity contribution >= 4 is 35.1 Å². The topological polar surface area (TPSA) is 106 Å². The largest absolute Gasteiger partial charge is 0.458 e. The van der Waals surface area contributed by atoms with E-state index in [9.17, 15) is 14.4 Å². The monoisotopic (exact) mass is 554 g/mol. The highest BCUT2D eigenvalue weighted by molar-refractivity contribution is 6.34. The molecule has 1 aliphatic carbocycles. The van der Waals surface area contributed by atoms with E-state index in [1.807, 2.05) is 30.3 Å². The molecule has 1 amide bonds. The smallest absolute Gasteiger partial charge is 0.342 e. The number of aromatic amines is 1. The number of hydrogen-bond donors (Lipinski definition) is 2. The number of carbonyl (C=O) groups excluding carboxylic acids is 2. The molecule has 0 spiro atoms. The van der Waals surface area contributed by atoms with Crippen LogP contribution in [-0.2, 0) is 9.53 Å². The van der Waals surface area contributed by atoms with Crippen molar-refractivity contribution in [1.82, 2.24) is 14.4 Å². The molecule has 2 atom stereocenters. The Hall–Kier alpha value is -3.13. The number of benzene rings is 1. The maximum atomic E-state index is 14.3. The van der Waals surface area contributed by atoms with Gasteiger partial charge in [0.15, 0.2) is 5.65 Å². The van der Waals surface area contributed by atoms with Gasteiger partial charge in [0.25, 0.3) is 0 Å². The van der Waals surface area contributed by atoms with Gasteiger partial charge >= 0.3 is 11.7 Å². The molecular weight excluding hydrogens is 516 g/mol. The summed E-state index contributed by atoms with van der Waals surface area (Å²) in [5.41, 5.74) is 0.320. The summed E-state index contributed by atoms with van der Waals surface area (Å²) in [6, 6.07) is 9.15. The van der Waals surface area contributed by atoms with Crippen LogP contribution in [0.3, 0.4) is 0 Å². The second-order valence-electron chi connectivity index (χ2n) is 13.0. The van der Waals surface area contributed by atoms with E-state index >= 15 is 0 Å². The average molecular weight is 555 g/mol. The molecule has 1 saturated carbocycles. The highest BCUT2D eigenvalue weighted by Gasteiger charge is 2.48. The zero-order valence-corrected chi connectivity index (χ0v) is 24.8. The molecule has 2 aromatic heterocycles. The van der Waals surface area contributed by atoms with E-state index in [-0.39, 0.29) is 51.1 Å². The third kappa shape index (κ3) is 5.76. The molecule has 4 rings (SSSR count). The van der Waals surface area contributed by atoms with Gasteiger partial charge in [-0.1, -0.05) is 90.4 Å². The van der Waals surface area contributed by atoms with Crippen molar-refractivity contribution in [2.75, 3.05) is 5.32 Å². The van der Waals surface area contributed by atoms with Crippen LogP contribution in [0.4, 0.5) is 5.95 Å². The van der Waals surface area contributed by atoms with Crippen LogP contribution in [0.5, 0.6) is 0 Å². The Morgan fingerprint density at radius 3 is 2.13 bits per heavy atom. The van der Waals surface area contributed by atoms with Crippen molar-refractivity contribution < 1.29 is 14.3 Å². The van der Waals surface area contributed by atoms with Crippen LogP contribution in [0, 0.1) is 28.6 Å². The average Bonchev–Trinajstić information content (AvgIpc) is 3.11. The summed E-state index contributed by atoms with van der Waals surface area (Å²) in [5, 5.41) is 2.54. The van der Waals surface area contributed by atoms with Gasteiger partial charge in [0.1, 0.15) is 16.8 Å². The highest BCUT2D eigenvalue weighted by Crippen LogP contribution is 2.50. The molecule has 8 nitrogen and oxygen atoms in total. The number of esters is 1. The minimum atomic E-state index is -0.628.